The van der Waals surface area contributed by atoms with Crippen molar-refractivity contribution in [3.05, 3.63) is 85.6 Å². The van der Waals surface area contributed by atoms with Gasteiger partial charge in [0.05, 0.1) is 5.52 Å². The topological polar surface area (TPSA) is 92.9 Å². The number of hydrogen-bond acceptors (Lipinski definition) is 5. The fourth-order valence-electron chi connectivity index (χ4n) is 3.00. The average molecular weight is 381 g/mol. The highest BCUT2D eigenvalue weighted by Gasteiger charge is 2.09. The monoisotopic (exact) mass is 381 g/mol. The van der Waals surface area contributed by atoms with E-state index in [2.05, 4.69) is 22.2 Å². The van der Waals surface area contributed by atoms with Gasteiger partial charge in [0, 0.05) is 34.2 Å². The smallest absolute Gasteiger partial charge is 0.247 e. The number of nitrogens with one attached hydrogen (secondary N) is 2. The zero-order valence-corrected chi connectivity index (χ0v) is 15.6. The Morgan fingerprint density at radius 3 is 2.59 bits per heavy atom. The fourth-order valence-corrected chi connectivity index (χ4v) is 3.00. The summed E-state index contributed by atoms with van der Waals surface area (Å²) in [5.74, 6) is 0.239. The van der Waals surface area contributed by atoms with Gasteiger partial charge >= 0.3 is 0 Å². The van der Waals surface area contributed by atoms with Crippen molar-refractivity contribution in [1.82, 2.24) is 9.97 Å². The van der Waals surface area contributed by atoms with Gasteiger partial charge in [-0.05, 0) is 48.0 Å². The van der Waals surface area contributed by atoms with Crippen LogP contribution in [0.5, 0.6) is 0 Å². The third-order valence-electron chi connectivity index (χ3n) is 4.40. The fraction of sp³-hybridized carbons (Fsp3) is 0. The van der Waals surface area contributed by atoms with E-state index in [0.29, 0.717) is 17.3 Å². The van der Waals surface area contributed by atoms with Crippen LogP contribution in [0.25, 0.3) is 22.0 Å². The van der Waals surface area contributed by atoms with Crippen LogP contribution in [0.3, 0.4) is 0 Å². The summed E-state index contributed by atoms with van der Waals surface area (Å²) in [4.78, 5) is 20.7. The number of anilines is 4. The molecule has 0 fully saturated rings. The molecule has 0 atom stereocenters. The van der Waals surface area contributed by atoms with E-state index >= 15 is 0 Å². The zero-order chi connectivity index (χ0) is 20.2. The molecule has 0 aliphatic heterocycles. The number of aromatic nitrogens is 2. The number of fused-ring (bicyclic) bond motifs is 1. The van der Waals surface area contributed by atoms with Crippen molar-refractivity contribution in [2.24, 2.45) is 0 Å². The molecule has 0 saturated heterocycles. The summed E-state index contributed by atoms with van der Waals surface area (Å²) in [6.07, 6.45) is 3.03. The zero-order valence-electron chi connectivity index (χ0n) is 15.6. The normalized spacial score (nSPS) is 10.5. The van der Waals surface area contributed by atoms with E-state index in [4.69, 9.17) is 10.7 Å². The number of para-hydroxylation sites is 1. The van der Waals surface area contributed by atoms with Crippen molar-refractivity contribution in [3.63, 3.8) is 0 Å². The lowest BCUT2D eigenvalue weighted by Crippen LogP contribution is -2.07. The molecule has 4 N–H and O–H groups in total. The number of nitrogens with two attached hydrogens (primary N) is 1. The molecule has 3 aromatic carbocycles. The molecule has 6 nitrogen and oxygen atoms in total. The highest BCUT2D eigenvalue weighted by molar-refractivity contribution is 6.00. The first kappa shape index (κ1) is 18.2. The molecule has 6 heteroatoms. The average Bonchev–Trinajstić information content (AvgIpc) is 2.75. The Hall–Kier alpha value is -4.19. The summed E-state index contributed by atoms with van der Waals surface area (Å²) >= 11 is 0. The van der Waals surface area contributed by atoms with E-state index in [1.54, 1.807) is 6.20 Å². The van der Waals surface area contributed by atoms with Crippen LogP contribution >= 0.6 is 0 Å². The van der Waals surface area contributed by atoms with E-state index in [9.17, 15) is 4.79 Å². The Morgan fingerprint density at radius 1 is 1.00 bits per heavy atom. The van der Waals surface area contributed by atoms with E-state index in [1.165, 1.54) is 6.08 Å². The molecular formula is C23H19N5O. The number of carbonyl (C=O) groups excluding carboxylic acids is 1. The van der Waals surface area contributed by atoms with Crippen molar-refractivity contribution in [2.75, 3.05) is 16.4 Å². The second-order valence-electron chi connectivity index (χ2n) is 6.46. The van der Waals surface area contributed by atoms with Crippen LogP contribution in [-0.4, -0.2) is 15.9 Å². The van der Waals surface area contributed by atoms with Crippen LogP contribution in [0, 0.1) is 0 Å². The van der Waals surface area contributed by atoms with Crippen LogP contribution in [0.2, 0.25) is 0 Å². The van der Waals surface area contributed by atoms with Crippen molar-refractivity contribution >= 4 is 39.8 Å². The minimum Gasteiger partial charge on any atom is -0.399 e. The molecule has 0 spiro atoms. The van der Waals surface area contributed by atoms with Crippen LogP contribution in [0.15, 0.2) is 85.6 Å². The number of carbonyl (C=O) groups is 1. The maximum Gasteiger partial charge on any atom is 0.247 e. The molecule has 142 valence electrons. The molecule has 29 heavy (non-hydrogen) atoms. The Balaban J connectivity index is 1.73. The first-order valence-corrected chi connectivity index (χ1v) is 9.04. The van der Waals surface area contributed by atoms with Gasteiger partial charge in [-0.15, -0.1) is 0 Å². The highest BCUT2D eigenvalue weighted by atomic mass is 16.1. The van der Waals surface area contributed by atoms with Gasteiger partial charge in [0.15, 0.2) is 0 Å². The quantitative estimate of drug-likeness (QED) is 0.343. The van der Waals surface area contributed by atoms with Gasteiger partial charge in [0.2, 0.25) is 11.9 Å². The van der Waals surface area contributed by atoms with Crippen LogP contribution < -0.4 is 16.4 Å². The lowest BCUT2D eigenvalue weighted by Gasteiger charge is -2.10. The largest absolute Gasteiger partial charge is 0.399 e. The Bertz CT molecular complexity index is 1200. The molecular weight excluding hydrogens is 362 g/mol. The molecule has 0 aliphatic carbocycles. The molecule has 1 heterocycles. The lowest BCUT2D eigenvalue weighted by molar-refractivity contribution is -0.111. The van der Waals surface area contributed by atoms with Gasteiger partial charge in [-0.1, -0.05) is 36.9 Å². The molecule has 0 aliphatic rings. The predicted octanol–water partition coefficient (Wildman–Crippen LogP) is 4.75. The van der Waals surface area contributed by atoms with Gasteiger partial charge in [-0.25, -0.2) is 9.97 Å². The maximum atomic E-state index is 11.6. The molecule has 4 aromatic rings. The third kappa shape index (κ3) is 4.06. The standard InChI is InChI=1S/C23H19N5O/c1-2-21(29)26-19-7-3-5-15(13-19)20-8-4-6-16-14-25-23(28-22(16)20)27-18-11-9-17(24)10-12-18/h2-14H,1,24H2,(H,26,29)(H,25,27,28). The highest BCUT2D eigenvalue weighted by Crippen LogP contribution is 2.29. The van der Waals surface area contributed by atoms with E-state index in [1.807, 2.05) is 66.7 Å². The Kier molecular flexibility index (Phi) is 4.90. The van der Waals surface area contributed by atoms with Crippen molar-refractivity contribution in [3.8, 4) is 11.1 Å². The van der Waals surface area contributed by atoms with E-state index in [0.717, 1.165) is 27.7 Å². The number of rotatable bonds is 5. The minimum atomic E-state index is -0.252. The molecule has 0 saturated carbocycles. The van der Waals surface area contributed by atoms with Crippen LogP contribution in [-0.2, 0) is 4.79 Å². The Labute approximate surface area is 168 Å². The number of benzene rings is 3. The number of amides is 1. The summed E-state index contributed by atoms with van der Waals surface area (Å²) in [6, 6.07) is 20.9. The van der Waals surface area contributed by atoms with Crippen LogP contribution in [0.1, 0.15) is 0 Å². The molecule has 1 aromatic heterocycles. The first-order chi connectivity index (χ1) is 14.1. The summed E-state index contributed by atoms with van der Waals surface area (Å²) in [5.41, 5.74) is 10.7. The molecule has 4 rings (SSSR count). The minimum absolute atomic E-state index is 0.252. The van der Waals surface area contributed by atoms with Crippen molar-refractivity contribution in [1.29, 1.82) is 0 Å². The van der Waals surface area contributed by atoms with Crippen LogP contribution in [0.4, 0.5) is 23.0 Å². The van der Waals surface area contributed by atoms with Gasteiger partial charge in [-0.2, -0.15) is 0 Å². The van der Waals surface area contributed by atoms with Crippen molar-refractivity contribution in [2.45, 2.75) is 0 Å². The first-order valence-electron chi connectivity index (χ1n) is 9.04. The second-order valence-corrected chi connectivity index (χ2v) is 6.46. The van der Waals surface area contributed by atoms with Crippen molar-refractivity contribution < 1.29 is 4.79 Å². The molecule has 0 radical (unpaired) electrons. The summed E-state index contributed by atoms with van der Waals surface area (Å²) < 4.78 is 0. The second kappa shape index (κ2) is 7.82. The predicted molar refractivity (Wildman–Crippen MR) is 118 cm³/mol. The molecule has 0 bridgehead atoms. The third-order valence-corrected chi connectivity index (χ3v) is 4.40. The van der Waals surface area contributed by atoms with Gasteiger partial charge < -0.3 is 16.4 Å². The number of nitrogens with zero attached hydrogens (tertiary/aromatic N) is 2. The van der Waals surface area contributed by atoms with E-state index in [-0.39, 0.29) is 5.91 Å². The van der Waals surface area contributed by atoms with Gasteiger partial charge in [0.1, 0.15) is 0 Å². The summed E-state index contributed by atoms with van der Waals surface area (Å²) in [5, 5.41) is 6.91. The van der Waals surface area contributed by atoms with Gasteiger partial charge in [0.25, 0.3) is 0 Å². The number of hydrogen-bond donors (Lipinski definition) is 3. The number of nitrogen functional groups attached to an aromatic ring is 1. The Morgan fingerprint density at radius 2 is 1.79 bits per heavy atom. The lowest BCUT2D eigenvalue weighted by atomic mass is 10.0. The van der Waals surface area contributed by atoms with E-state index < -0.39 is 0 Å². The molecule has 0 unspecified atom stereocenters. The summed E-state index contributed by atoms with van der Waals surface area (Å²) in [6.45, 7) is 3.48. The molecule has 1 amide bonds. The van der Waals surface area contributed by atoms with Gasteiger partial charge in [-0.3, -0.25) is 4.79 Å². The summed E-state index contributed by atoms with van der Waals surface area (Å²) in [7, 11) is 0. The maximum absolute atomic E-state index is 11.6. The SMILES string of the molecule is C=CC(=O)Nc1cccc(-c2cccc3cnc(Nc4ccc(N)cc4)nc23)c1.